The molecule has 0 aliphatic rings. The number of aromatic hydroxyl groups is 2. The van der Waals surface area contributed by atoms with E-state index < -0.39 is 23.7 Å². The van der Waals surface area contributed by atoms with Crippen LogP contribution in [0.4, 0.5) is 0 Å². The highest BCUT2D eigenvalue weighted by molar-refractivity contribution is 7.98. The van der Waals surface area contributed by atoms with Crippen molar-refractivity contribution in [3.05, 3.63) is 23.8 Å². The number of carboxylic acids is 1. The number of rotatable bonds is 6. The lowest BCUT2D eigenvalue weighted by molar-refractivity contribution is -0.139. The van der Waals surface area contributed by atoms with Crippen LogP contribution < -0.4 is 5.32 Å². The minimum Gasteiger partial charge on any atom is -0.504 e. The molecule has 0 saturated heterocycles. The van der Waals surface area contributed by atoms with E-state index in [1.807, 2.05) is 6.26 Å². The van der Waals surface area contributed by atoms with Crippen LogP contribution in [-0.4, -0.2) is 45.2 Å². The van der Waals surface area contributed by atoms with E-state index in [9.17, 15) is 14.7 Å². The van der Waals surface area contributed by atoms with Crippen LogP contribution in [-0.2, 0) is 4.79 Å². The fourth-order valence-corrected chi connectivity index (χ4v) is 1.87. The van der Waals surface area contributed by atoms with Crippen LogP contribution in [0.2, 0.25) is 0 Å². The second kappa shape index (κ2) is 6.89. The maximum absolute atomic E-state index is 11.8. The predicted molar refractivity (Wildman–Crippen MR) is 71.7 cm³/mol. The molecule has 0 spiro atoms. The highest BCUT2D eigenvalue weighted by atomic mass is 32.2. The molecule has 0 heterocycles. The number of hydrogen-bond donors (Lipinski definition) is 4. The average Bonchev–Trinajstić information content (AvgIpc) is 2.37. The van der Waals surface area contributed by atoms with E-state index in [-0.39, 0.29) is 11.3 Å². The quantitative estimate of drug-likeness (QED) is 0.582. The van der Waals surface area contributed by atoms with Gasteiger partial charge in [0.25, 0.3) is 5.91 Å². The minimum absolute atomic E-state index is 0.0886. The van der Waals surface area contributed by atoms with Crippen molar-refractivity contribution in [2.75, 3.05) is 12.0 Å². The molecule has 0 bridgehead atoms. The molecule has 1 aromatic carbocycles. The van der Waals surface area contributed by atoms with E-state index >= 15 is 0 Å². The summed E-state index contributed by atoms with van der Waals surface area (Å²) < 4.78 is 0. The molecule has 6 nitrogen and oxygen atoms in total. The number of carbonyl (C=O) groups is 2. The van der Waals surface area contributed by atoms with Crippen LogP contribution >= 0.6 is 11.8 Å². The van der Waals surface area contributed by atoms with Crippen molar-refractivity contribution >= 4 is 23.6 Å². The molecule has 1 rings (SSSR count). The summed E-state index contributed by atoms with van der Waals surface area (Å²) in [5, 5.41) is 29.8. The molecule has 104 valence electrons. The second-order valence-electron chi connectivity index (χ2n) is 3.85. The van der Waals surface area contributed by atoms with Crippen LogP contribution in [0.1, 0.15) is 16.8 Å². The first-order valence-corrected chi connectivity index (χ1v) is 6.89. The van der Waals surface area contributed by atoms with Crippen LogP contribution in [0.5, 0.6) is 11.5 Å². The van der Waals surface area contributed by atoms with E-state index in [4.69, 9.17) is 10.2 Å². The Hall–Kier alpha value is -1.89. The molecule has 1 aromatic rings. The number of phenolic OH excluding ortho intramolecular Hbond substituents is 2. The van der Waals surface area contributed by atoms with Crippen molar-refractivity contribution < 1.29 is 24.9 Å². The van der Waals surface area contributed by atoms with Crippen molar-refractivity contribution in [3.8, 4) is 11.5 Å². The Morgan fingerprint density at radius 1 is 1.32 bits per heavy atom. The molecule has 0 fully saturated rings. The number of thioether (sulfide) groups is 1. The summed E-state index contributed by atoms with van der Waals surface area (Å²) in [6.45, 7) is 0. The first-order chi connectivity index (χ1) is 8.95. The highest BCUT2D eigenvalue weighted by Crippen LogP contribution is 2.24. The zero-order valence-electron chi connectivity index (χ0n) is 10.3. The van der Waals surface area contributed by atoms with Gasteiger partial charge in [0.1, 0.15) is 6.04 Å². The zero-order chi connectivity index (χ0) is 14.4. The number of aliphatic carboxylic acids is 1. The summed E-state index contributed by atoms with van der Waals surface area (Å²) in [6.07, 6.45) is 2.16. The van der Waals surface area contributed by atoms with Gasteiger partial charge in [-0.15, -0.1) is 0 Å². The first kappa shape index (κ1) is 15.2. The van der Waals surface area contributed by atoms with Gasteiger partial charge in [0.2, 0.25) is 0 Å². The van der Waals surface area contributed by atoms with Crippen LogP contribution in [0.25, 0.3) is 0 Å². The summed E-state index contributed by atoms with van der Waals surface area (Å²) in [5.41, 5.74) is 0.0886. The van der Waals surface area contributed by atoms with Gasteiger partial charge < -0.3 is 20.6 Å². The van der Waals surface area contributed by atoms with E-state index in [0.29, 0.717) is 12.2 Å². The Bertz CT molecular complexity index is 477. The Balaban J connectivity index is 2.75. The van der Waals surface area contributed by atoms with Gasteiger partial charge in [0, 0.05) is 5.56 Å². The number of benzene rings is 1. The zero-order valence-corrected chi connectivity index (χ0v) is 11.1. The summed E-state index contributed by atoms with van der Waals surface area (Å²) in [4.78, 5) is 22.8. The van der Waals surface area contributed by atoms with E-state index in [1.54, 1.807) is 0 Å². The molecule has 1 atom stereocenters. The van der Waals surface area contributed by atoms with Crippen LogP contribution in [0.3, 0.4) is 0 Å². The SMILES string of the molecule is CSCC[C@@H](NC(=O)c1ccc(O)c(O)c1)C(=O)O. The van der Waals surface area contributed by atoms with Gasteiger partial charge in [-0.1, -0.05) is 0 Å². The van der Waals surface area contributed by atoms with Crippen molar-refractivity contribution in [1.29, 1.82) is 0 Å². The van der Waals surface area contributed by atoms with Crippen LogP contribution in [0, 0.1) is 0 Å². The maximum atomic E-state index is 11.8. The van der Waals surface area contributed by atoms with Gasteiger partial charge in [0.05, 0.1) is 0 Å². The van der Waals surface area contributed by atoms with E-state index in [0.717, 1.165) is 6.07 Å². The molecular formula is C12H15NO5S. The molecule has 0 aliphatic carbocycles. The molecule has 0 unspecified atom stereocenters. The number of hydrogen-bond acceptors (Lipinski definition) is 5. The Labute approximate surface area is 114 Å². The first-order valence-electron chi connectivity index (χ1n) is 5.50. The topological polar surface area (TPSA) is 107 Å². The lowest BCUT2D eigenvalue weighted by Gasteiger charge is -2.14. The smallest absolute Gasteiger partial charge is 0.326 e. The number of amides is 1. The Morgan fingerprint density at radius 3 is 2.53 bits per heavy atom. The molecule has 1 amide bonds. The van der Waals surface area contributed by atoms with Crippen molar-refractivity contribution in [1.82, 2.24) is 5.32 Å². The minimum atomic E-state index is -1.11. The normalized spacial score (nSPS) is 11.8. The van der Waals surface area contributed by atoms with Gasteiger partial charge in [-0.25, -0.2) is 4.79 Å². The van der Waals surface area contributed by atoms with Gasteiger partial charge in [-0.05, 0) is 36.6 Å². The predicted octanol–water partition coefficient (Wildman–Crippen LogP) is 1.03. The lowest BCUT2D eigenvalue weighted by Crippen LogP contribution is -2.41. The van der Waals surface area contributed by atoms with Gasteiger partial charge in [0.15, 0.2) is 11.5 Å². The number of nitrogens with one attached hydrogen (secondary N) is 1. The third-order valence-electron chi connectivity index (χ3n) is 2.45. The largest absolute Gasteiger partial charge is 0.504 e. The summed E-state index contributed by atoms with van der Waals surface area (Å²) in [5.74, 6) is -1.87. The maximum Gasteiger partial charge on any atom is 0.326 e. The monoisotopic (exact) mass is 285 g/mol. The fourth-order valence-electron chi connectivity index (χ4n) is 1.40. The highest BCUT2D eigenvalue weighted by Gasteiger charge is 2.20. The molecule has 0 saturated carbocycles. The average molecular weight is 285 g/mol. The summed E-state index contributed by atoms with van der Waals surface area (Å²) in [7, 11) is 0. The van der Waals surface area contributed by atoms with Gasteiger partial charge in [-0.2, -0.15) is 11.8 Å². The van der Waals surface area contributed by atoms with Gasteiger partial charge in [-0.3, -0.25) is 4.79 Å². The Kier molecular flexibility index (Phi) is 5.50. The standard InChI is InChI=1S/C12H15NO5S/c1-19-5-4-8(12(17)18)13-11(16)7-2-3-9(14)10(15)6-7/h2-3,6,8,14-15H,4-5H2,1H3,(H,13,16)(H,17,18)/t8-/m1/s1. The molecule has 7 heteroatoms. The third kappa shape index (κ3) is 4.36. The fraction of sp³-hybridized carbons (Fsp3) is 0.333. The number of carbonyl (C=O) groups excluding carboxylic acids is 1. The second-order valence-corrected chi connectivity index (χ2v) is 4.83. The number of phenols is 2. The third-order valence-corrected chi connectivity index (χ3v) is 3.10. The Morgan fingerprint density at radius 2 is 2.00 bits per heavy atom. The van der Waals surface area contributed by atoms with Crippen molar-refractivity contribution in [3.63, 3.8) is 0 Å². The molecule has 4 N–H and O–H groups in total. The summed E-state index contributed by atoms with van der Waals surface area (Å²) in [6, 6.07) is 2.58. The van der Waals surface area contributed by atoms with Crippen LogP contribution in [0.15, 0.2) is 18.2 Å². The van der Waals surface area contributed by atoms with Crippen molar-refractivity contribution in [2.45, 2.75) is 12.5 Å². The molecule has 19 heavy (non-hydrogen) atoms. The van der Waals surface area contributed by atoms with E-state index in [2.05, 4.69) is 5.32 Å². The van der Waals surface area contributed by atoms with Gasteiger partial charge >= 0.3 is 5.97 Å². The lowest BCUT2D eigenvalue weighted by atomic mass is 10.1. The molecule has 0 radical (unpaired) electrons. The van der Waals surface area contributed by atoms with E-state index in [1.165, 1.54) is 23.9 Å². The summed E-state index contributed by atoms with van der Waals surface area (Å²) >= 11 is 1.49. The molecular weight excluding hydrogens is 270 g/mol. The number of carboxylic acid groups (broad SMARTS) is 1. The molecule has 0 aliphatic heterocycles. The molecule has 0 aromatic heterocycles. The van der Waals surface area contributed by atoms with Crippen molar-refractivity contribution in [2.24, 2.45) is 0 Å².